The van der Waals surface area contributed by atoms with Crippen molar-refractivity contribution < 1.29 is 22.5 Å². The van der Waals surface area contributed by atoms with Crippen LogP contribution in [0.15, 0.2) is 76.4 Å². The number of pyridine rings is 1. The normalized spacial score (nSPS) is 15.7. The summed E-state index contributed by atoms with van der Waals surface area (Å²) in [5, 5.41) is 5.75. The zero-order valence-electron chi connectivity index (χ0n) is 19.0. The van der Waals surface area contributed by atoms with E-state index in [4.69, 9.17) is 0 Å². The number of amides is 1. The molecule has 3 heterocycles. The summed E-state index contributed by atoms with van der Waals surface area (Å²) in [6.07, 6.45) is -1.59. The number of benzene rings is 2. The van der Waals surface area contributed by atoms with E-state index in [1.165, 1.54) is 23.6 Å². The number of nitrogens with zero attached hydrogens (tertiary/aromatic N) is 2. The van der Waals surface area contributed by atoms with Crippen LogP contribution < -0.4 is 5.32 Å². The molecule has 1 atom stereocenters. The Morgan fingerprint density at radius 1 is 1.08 bits per heavy atom. The molecule has 5 rings (SSSR count). The van der Waals surface area contributed by atoms with Crippen molar-refractivity contribution in [2.24, 2.45) is 0 Å². The molecule has 2 aromatic heterocycles. The van der Waals surface area contributed by atoms with Gasteiger partial charge in [0.2, 0.25) is 4.21 Å². The van der Waals surface area contributed by atoms with Crippen molar-refractivity contribution >= 4 is 50.7 Å². The van der Waals surface area contributed by atoms with Crippen LogP contribution in [0.25, 0.3) is 10.9 Å². The van der Waals surface area contributed by atoms with Gasteiger partial charge in [-0.3, -0.25) is 9.78 Å². The topological polar surface area (TPSA) is 68.3 Å². The van der Waals surface area contributed by atoms with Crippen molar-refractivity contribution in [1.29, 1.82) is 0 Å². The summed E-state index contributed by atoms with van der Waals surface area (Å²) in [5.74, 6) is -0.0732. The van der Waals surface area contributed by atoms with Gasteiger partial charge in [-0.25, -0.2) is 0 Å². The lowest BCUT2D eigenvalue weighted by Gasteiger charge is -2.32. The van der Waals surface area contributed by atoms with Gasteiger partial charge in [-0.2, -0.15) is 13.2 Å². The number of fused-ring (bicyclic) bond motifs is 1. The highest BCUT2D eigenvalue weighted by molar-refractivity contribution is 7.94. The lowest BCUT2D eigenvalue weighted by Crippen LogP contribution is -2.42. The fraction of sp³-hybridized carbons (Fsp3) is 0.231. The first-order valence-electron chi connectivity index (χ1n) is 11.4. The van der Waals surface area contributed by atoms with Crippen molar-refractivity contribution in [1.82, 2.24) is 9.88 Å². The molecule has 1 aliphatic rings. The highest BCUT2D eigenvalue weighted by Gasteiger charge is 2.32. The third kappa shape index (κ3) is 5.21. The molecular weight excluding hydrogens is 507 g/mol. The van der Waals surface area contributed by atoms with Crippen LogP contribution in [0, 0.1) is 0 Å². The van der Waals surface area contributed by atoms with E-state index in [1.807, 2.05) is 17.5 Å². The summed E-state index contributed by atoms with van der Waals surface area (Å²) in [6, 6.07) is 15.9. The Labute approximate surface area is 213 Å². The average molecular weight is 530 g/mol. The molecule has 0 spiro atoms. The molecule has 1 N–H and O–H groups in total. The molecule has 1 amide bonds. The number of anilines is 2. The number of thiophene rings is 1. The zero-order chi connectivity index (χ0) is 25.3. The molecule has 10 heteroatoms. The lowest BCUT2D eigenvalue weighted by molar-refractivity contribution is -0.137. The Hall–Kier alpha value is -3.08. The number of alkyl halides is 3. The molecule has 36 heavy (non-hydrogen) atoms. The van der Waals surface area contributed by atoms with Crippen LogP contribution >= 0.6 is 11.3 Å². The molecule has 4 aromatic rings. The maximum atomic E-state index is 13.0. The van der Waals surface area contributed by atoms with Crippen LogP contribution in [-0.2, 0) is 17.4 Å². The number of rotatable bonds is 5. The molecule has 1 fully saturated rings. The number of likely N-dealkylation sites (tertiary alicyclic amines) is 1. The van der Waals surface area contributed by atoms with E-state index >= 15 is 0 Å². The molecule has 1 aliphatic heterocycles. The maximum absolute atomic E-state index is 13.0. The molecule has 0 radical (unpaired) electrons. The van der Waals surface area contributed by atoms with Gasteiger partial charge in [-0.05, 0) is 65.1 Å². The number of carbonyl (C=O) groups is 1. The first-order chi connectivity index (χ1) is 17.3. The Kier molecular flexibility index (Phi) is 6.92. The van der Waals surface area contributed by atoms with Crippen LogP contribution in [0.4, 0.5) is 24.5 Å². The minimum atomic E-state index is -4.43. The number of piperidine rings is 1. The van der Waals surface area contributed by atoms with E-state index in [2.05, 4.69) is 10.3 Å². The predicted molar refractivity (Wildman–Crippen MR) is 136 cm³/mol. The third-order valence-electron chi connectivity index (χ3n) is 6.21. The van der Waals surface area contributed by atoms with Crippen LogP contribution in [0.1, 0.15) is 28.8 Å². The zero-order valence-corrected chi connectivity index (χ0v) is 20.6. The third-order valence-corrected chi connectivity index (χ3v) is 9.26. The highest BCUT2D eigenvalue weighted by Crippen LogP contribution is 2.33. The number of halogens is 3. The van der Waals surface area contributed by atoms with E-state index in [-0.39, 0.29) is 16.7 Å². The summed E-state index contributed by atoms with van der Waals surface area (Å²) in [5.41, 5.74) is 1.36. The fourth-order valence-electron chi connectivity index (χ4n) is 4.28. The van der Waals surface area contributed by atoms with Gasteiger partial charge in [0.25, 0.3) is 5.91 Å². The van der Waals surface area contributed by atoms with Crippen LogP contribution in [0.5, 0.6) is 0 Å². The predicted octanol–water partition coefficient (Wildman–Crippen LogP) is 6.47. The summed E-state index contributed by atoms with van der Waals surface area (Å²) >= 11 is 0.459. The standard InChI is InChI=1S/C26H22F3N3O2S2/c27-26(28,29)18-5-8-21-22(9-12-30-23(21)16-18)31-19-6-3-17(4-7-19)25(33)32-13-10-20(11-14-32)36(34)24-2-1-15-35-24/h1-9,12,15-16,20H,10-11,13-14H2,(H,30,31). The molecule has 5 nitrogen and oxygen atoms in total. The monoisotopic (exact) mass is 529 g/mol. The molecule has 0 bridgehead atoms. The van der Waals surface area contributed by atoms with E-state index < -0.39 is 22.9 Å². The molecule has 0 saturated carbocycles. The van der Waals surface area contributed by atoms with Gasteiger partial charge in [0.1, 0.15) is 5.25 Å². The van der Waals surface area contributed by atoms with E-state index in [1.54, 1.807) is 35.2 Å². The van der Waals surface area contributed by atoms with Crippen molar-refractivity contribution in [2.45, 2.75) is 28.5 Å². The summed E-state index contributed by atoms with van der Waals surface area (Å²) in [6.45, 7) is 1.12. The van der Waals surface area contributed by atoms with Crippen LogP contribution in [0.3, 0.4) is 0 Å². The van der Waals surface area contributed by atoms with Gasteiger partial charge < -0.3 is 14.8 Å². The number of hydrogen-bond donors (Lipinski definition) is 1. The van der Waals surface area contributed by atoms with Gasteiger partial charge in [-0.15, -0.1) is 0 Å². The lowest BCUT2D eigenvalue weighted by atomic mass is 10.1. The second kappa shape index (κ2) is 10.1. The van der Waals surface area contributed by atoms with Gasteiger partial charge in [0.15, 0.2) is 0 Å². The Bertz CT molecular complexity index is 1350. The molecule has 0 aliphatic carbocycles. The molecule has 1 unspecified atom stereocenters. The Morgan fingerprint density at radius 3 is 2.50 bits per heavy atom. The molecule has 2 aromatic carbocycles. The SMILES string of the molecule is O=C(c1ccc(Nc2ccnc3cc(C(F)(F)F)ccc23)cc1)N1CCC([S+]([O-])c2cccs2)CC1. The quantitative estimate of drug-likeness (QED) is 0.301. The Morgan fingerprint density at radius 2 is 1.83 bits per heavy atom. The van der Waals surface area contributed by atoms with Gasteiger partial charge in [0, 0.05) is 60.5 Å². The number of hydrogen-bond acceptors (Lipinski definition) is 5. The second-order valence-electron chi connectivity index (χ2n) is 8.51. The largest absolute Gasteiger partial charge is 0.611 e. The van der Waals surface area contributed by atoms with Crippen molar-refractivity contribution in [2.75, 3.05) is 18.4 Å². The van der Waals surface area contributed by atoms with E-state index in [9.17, 15) is 22.5 Å². The number of carbonyl (C=O) groups excluding carboxylic acids is 1. The summed E-state index contributed by atoms with van der Waals surface area (Å²) < 4.78 is 52.7. The van der Waals surface area contributed by atoms with E-state index in [0.717, 1.165) is 16.3 Å². The van der Waals surface area contributed by atoms with Crippen LogP contribution in [-0.4, -0.2) is 38.7 Å². The van der Waals surface area contributed by atoms with E-state index in [0.29, 0.717) is 48.3 Å². The molecule has 1 saturated heterocycles. The van der Waals surface area contributed by atoms with Crippen molar-refractivity contribution in [3.05, 3.63) is 83.4 Å². The average Bonchev–Trinajstić information content (AvgIpc) is 3.43. The van der Waals surface area contributed by atoms with Gasteiger partial charge in [0.05, 0.1) is 11.1 Å². The highest BCUT2D eigenvalue weighted by atomic mass is 32.2. The van der Waals surface area contributed by atoms with Crippen molar-refractivity contribution in [3.8, 4) is 0 Å². The fourth-order valence-corrected chi connectivity index (χ4v) is 6.87. The second-order valence-corrected chi connectivity index (χ2v) is 11.4. The summed E-state index contributed by atoms with van der Waals surface area (Å²) in [7, 11) is 0. The Balaban J connectivity index is 1.24. The first-order valence-corrected chi connectivity index (χ1v) is 13.5. The number of nitrogens with one attached hydrogen (secondary N) is 1. The molecular formula is C26H22F3N3O2S2. The smallest absolute Gasteiger partial charge is 0.416 e. The number of aromatic nitrogens is 1. The van der Waals surface area contributed by atoms with Gasteiger partial charge >= 0.3 is 6.18 Å². The van der Waals surface area contributed by atoms with Crippen molar-refractivity contribution in [3.63, 3.8) is 0 Å². The van der Waals surface area contributed by atoms with Gasteiger partial charge in [-0.1, -0.05) is 17.4 Å². The minimum Gasteiger partial charge on any atom is -0.611 e. The van der Waals surface area contributed by atoms with Crippen LogP contribution in [0.2, 0.25) is 0 Å². The maximum Gasteiger partial charge on any atom is 0.416 e. The molecule has 186 valence electrons. The minimum absolute atomic E-state index is 0.0571. The first kappa shape index (κ1) is 24.6. The summed E-state index contributed by atoms with van der Waals surface area (Å²) in [4.78, 5) is 18.9.